The summed E-state index contributed by atoms with van der Waals surface area (Å²) in [6, 6.07) is 7.28. The lowest BCUT2D eigenvalue weighted by atomic mass is 10.3. The Bertz CT molecular complexity index is 371. The molecule has 0 bridgehead atoms. The van der Waals surface area contributed by atoms with Gasteiger partial charge in [0.15, 0.2) is 0 Å². The standard InChI is InChI=1S/C12H17ClN2O2/c1-15(9-12(14)16)6-3-7-17-11-5-2-4-10(13)8-11/h2,4-5,8H,3,6-7,9H2,1H3,(H2,14,16). The average Bonchev–Trinajstić information content (AvgIpc) is 2.23. The maximum absolute atomic E-state index is 10.6. The van der Waals surface area contributed by atoms with Crippen molar-refractivity contribution in [2.24, 2.45) is 5.73 Å². The average molecular weight is 257 g/mol. The summed E-state index contributed by atoms with van der Waals surface area (Å²) in [6.07, 6.45) is 0.830. The van der Waals surface area contributed by atoms with Gasteiger partial charge >= 0.3 is 0 Å². The van der Waals surface area contributed by atoms with E-state index in [0.717, 1.165) is 18.7 Å². The van der Waals surface area contributed by atoms with Crippen LogP contribution in [-0.4, -0.2) is 37.6 Å². The van der Waals surface area contributed by atoms with E-state index >= 15 is 0 Å². The molecule has 2 N–H and O–H groups in total. The molecule has 94 valence electrons. The topological polar surface area (TPSA) is 55.6 Å². The Morgan fingerprint density at radius 3 is 2.94 bits per heavy atom. The maximum atomic E-state index is 10.6. The Balaban J connectivity index is 2.18. The van der Waals surface area contributed by atoms with E-state index in [1.165, 1.54) is 0 Å². The van der Waals surface area contributed by atoms with E-state index < -0.39 is 0 Å². The molecule has 0 saturated heterocycles. The number of hydrogen-bond acceptors (Lipinski definition) is 3. The zero-order valence-corrected chi connectivity index (χ0v) is 10.6. The van der Waals surface area contributed by atoms with Gasteiger partial charge in [-0.25, -0.2) is 0 Å². The summed E-state index contributed by atoms with van der Waals surface area (Å²) in [5, 5.41) is 0.661. The summed E-state index contributed by atoms with van der Waals surface area (Å²) in [4.78, 5) is 12.5. The molecule has 4 nitrogen and oxygen atoms in total. The van der Waals surface area contributed by atoms with Crippen molar-refractivity contribution in [3.8, 4) is 5.75 Å². The molecule has 0 aliphatic carbocycles. The summed E-state index contributed by atoms with van der Waals surface area (Å²) in [5.41, 5.74) is 5.08. The van der Waals surface area contributed by atoms with Gasteiger partial charge in [0, 0.05) is 11.6 Å². The molecule has 0 saturated carbocycles. The van der Waals surface area contributed by atoms with Crippen LogP contribution in [-0.2, 0) is 4.79 Å². The van der Waals surface area contributed by atoms with Crippen LogP contribution in [0.5, 0.6) is 5.75 Å². The first-order chi connectivity index (χ1) is 8.08. The van der Waals surface area contributed by atoms with Crippen LogP contribution in [0.15, 0.2) is 24.3 Å². The third kappa shape index (κ3) is 6.14. The number of carbonyl (C=O) groups is 1. The Morgan fingerprint density at radius 1 is 1.53 bits per heavy atom. The molecule has 1 rings (SSSR count). The van der Waals surface area contributed by atoms with E-state index in [4.69, 9.17) is 22.1 Å². The van der Waals surface area contributed by atoms with Crippen molar-refractivity contribution in [1.29, 1.82) is 0 Å². The highest BCUT2D eigenvalue weighted by Crippen LogP contribution is 2.17. The molecule has 0 aromatic heterocycles. The Kier molecular flexibility index (Phi) is 5.80. The molecular weight excluding hydrogens is 240 g/mol. The molecule has 0 aliphatic heterocycles. The van der Waals surface area contributed by atoms with Crippen LogP contribution >= 0.6 is 11.6 Å². The molecule has 1 amide bonds. The second-order valence-corrected chi connectivity index (χ2v) is 4.30. The van der Waals surface area contributed by atoms with Crippen LogP contribution in [0.4, 0.5) is 0 Å². The lowest BCUT2D eigenvalue weighted by Gasteiger charge is -2.14. The summed E-state index contributed by atoms with van der Waals surface area (Å²) < 4.78 is 5.51. The smallest absolute Gasteiger partial charge is 0.231 e. The Labute approximate surface area is 106 Å². The Hall–Kier alpha value is -1.26. The Morgan fingerprint density at radius 2 is 2.29 bits per heavy atom. The van der Waals surface area contributed by atoms with Gasteiger partial charge in [-0.1, -0.05) is 17.7 Å². The molecule has 1 aromatic rings. The van der Waals surface area contributed by atoms with Crippen molar-refractivity contribution in [2.45, 2.75) is 6.42 Å². The van der Waals surface area contributed by atoms with Gasteiger partial charge in [0.1, 0.15) is 5.75 Å². The van der Waals surface area contributed by atoms with E-state index in [1.54, 1.807) is 12.1 Å². The van der Waals surface area contributed by atoms with Crippen molar-refractivity contribution >= 4 is 17.5 Å². The van der Waals surface area contributed by atoms with Crippen LogP contribution in [0.2, 0.25) is 5.02 Å². The van der Waals surface area contributed by atoms with E-state index in [0.29, 0.717) is 11.6 Å². The molecular formula is C12H17ClN2O2. The van der Waals surface area contributed by atoms with Gasteiger partial charge < -0.3 is 10.5 Å². The summed E-state index contributed by atoms with van der Waals surface area (Å²) in [6.45, 7) is 1.63. The van der Waals surface area contributed by atoms with Crippen LogP contribution in [0.1, 0.15) is 6.42 Å². The molecule has 0 unspecified atom stereocenters. The van der Waals surface area contributed by atoms with Gasteiger partial charge in [0.05, 0.1) is 13.2 Å². The number of ether oxygens (including phenoxy) is 1. The fourth-order valence-corrected chi connectivity index (χ4v) is 1.61. The molecule has 1 aromatic carbocycles. The zero-order valence-electron chi connectivity index (χ0n) is 9.86. The first-order valence-electron chi connectivity index (χ1n) is 5.43. The third-order valence-electron chi connectivity index (χ3n) is 2.17. The fourth-order valence-electron chi connectivity index (χ4n) is 1.43. The first-order valence-corrected chi connectivity index (χ1v) is 5.81. The normalized spacial score (nSPS) is 10.5. The van der Waals surface area contributed by atoms with Crippen LogP contribution < -0.4 is 10.5 Å². The van der Waals surface area contributed by atoms with Gasteiger partial charge in [0.2, 0.25) is 5.91 Å². The molecule has 17 heavy (non-hydrogen) atoms. The molecule has 0 aliphatic rings. The quantitative estimate of drug-likeness (QED) is 0.753. The number of amides is 1. The van der Waals surface area contributed by atoms with E-state index in [1.807, 2.05) is 24.1 Å². The maximum Gasteiger partial charge on any atom is 0.231 e. The largest absolute Gasteiger partial charge is 0.493 e. The van der Waals surface area contributed by atoms with Crippen LogP contribution in [0, 0.1) is 0 Å². The zero-order chi connectivity index (χ0) is 12.7. The van der Waals surface area contributed by atoms with Crippen molar-refractivity contribution in [3.05, 3.63) is 29.3 Å². The van der Waals surface area contributed by atoms with Gasteiger partial charge in [-0.2, -0.15) is 0 Å². The van der Waals surface area contributed by atoms with Crippen LogP contribution in [0.25, 0.3) is 0 Å². The molecule has 0 fully saturated rings. The lowest BCUT2D eigenvalue weighted by molar-refractivity contribution is -0.118. The molecule has 0 heterocycles. The molecule has 0 radical (unpaired) electrons. The van der Waals surface area contributed by atoms with E-state index in [2.05, 4.69) is 0 Å². The van der Waals surface area contributed by atoms with Crippen molar-refractivity contribution < 1.29 is 9.53 Å². The number of hydrogen-bond donors (Lipinski definition) is 1. The van der Waals surface area contributed by atoms with Gasteiger partial charge in [-0.15, -0.1) is 0 Å². The number of carbonyl (C=O) groups excluding carboxylic acids is 1. The number of halogens is 1. The lowest BCUT2D eigenvalue weighted by Crippen LogP contribution is -2.31. The SMILES string of the molecule is CN(CCCOc1cccc(Cl)c1)CC(N)=O. The van der Waals surface area contributed by atoms with Crippen molar-refractivity contribution in [1.82, 2.24) is 4.90 Å². The second kappa shape index (κ2) is 7.14. The third-order valence-corrected chi connectivity index (χ3v) is 2.41. The number of nitrogens with zero attached hydrogens (tertiary/aromatic N) is 1. The first kappa shape index (κ1) is 13.8. The van der Waals surface area contributed by atoms with Crippen LogP contribution in [0.3, 0.4) is 0 Å². The minimum Gasteiger partial charge on any atom is -0.493 e. The van der Waals surface area contributed by atoms with Crippen molar-refractivity contribution in [3.63, 3.8) is 0 Å². The van der Waals surface area contributed by atoms with Gasteiger partial charge in [-0.05, 0) is 31.7 Å². The van der Waals surface area contributed by atoms with E-state index in [9.17, 15) is 4.79 Å². The van der Waals surface area contributed by atoms with Gasteiger partial charge in [-0.3, -0.25) is 9.69 Å². The highest BCUT2D eigenvalue weighted by molar-refractivity contribution is 6.30. The number of likely N-dealkylation sites (N-methyl/N-ethyl adjacent to an activating group) is 1. The minimum atomic E-state index is -0.316. The monoisotopic (exact) mass is 256 g/mol. The molecule has 0 spiro atoms. The van der Waals surface area contributed by atoms with Gasteiger partial charge in [0.25, 0.3) is 0 Å². The number of nitrogens with two attached hydrogens (primary N) is 1. The number of benzene rings is 1. The predicted molar refractivity (Wildman–Crippen MR) is 68.3 cm³/mol. The second-order valence-electron chi connectivity index (χ2n) is 3.86. The minimum absolute atomic E-state index is 0.275. The number of primary amides is 1. The summed E-state index contributed by atoms with van der Waals surface area (Å²) >= 11 is 5.83. The fraction of sp³-hybridized carbons (Fsp3) is 0.417. The molecule has 0 atom stereocenters. The summed E-state index contributed by atoms with van der Waals surface area (Å²) in [7, 11) is 1.85. The van der Waals surface area contributed by atoms with Crippen molar-refractivity contribution in [2.75, 3.05) is 26.7 Å². The summed E-state index contributed by atoms with van der Waals surface area (Å²) in [5.74, 6) is 0.443. The predicted octanol–water partition coefficient (Wildman–Crippen LogP) is 1.53. The molecule has 5 heteroatoms. The highest BCUT2D eigenvalue weighted by atomic mass is 35.5. The number of rotatable bonds is 7. The van der Waals surface area contributed by atoms with E-state index in [-0.39, 0.29) is 12.5 Å². The highest BCUT2D eigenvalue weighted by Gasteiger charge is 2.02.